The number of hydrogen-bond donors (Lipinski definition) is 1. The largest absolute Gasteiger partial charge is 0.396 e. The third kappa shape index (κ3) is 2.97. The van der Waals surface area contributed by atoms with Crippen molar-refractivity contribution in [1.29, 1.82) is 0 Å². The summed E-state index contributed by atoms with van der Waals surface area (Å²) in [5, 5.41) is 9.51. The summed E-state index contributed by atoms with van der Waals surface area (Å²) >= 11 is 12.0. The van der Waals surface area contributed by atoms with E-state index in [1.807, 2.05) is 6.92 Å². The molecule has 2 unspecified atom stereocenters. The van der Waals surface area contributed by atoms with Crippen molar-refractivity contribution in [3.63, 3.8) is 0 Å². The third-order valence-corrected chi connectivity index (χ3v) is 6.60. The molecule has 1 aliphatic heterocycles. The van der Waals surface area contributed by atoms with E-state index in [-0.39, 0.29) is 33.5 Å². The Morgan fingerprint density at radius 1 is 1.30 bits per heavy atom. The first-order valence-corrected chi connectivity index (χ1v) is 8.64. The summed E-state index contributed by atoms with van der Waals surface area (Å²) < 4.78 is 26.9. The van der Waals surface area contributed by atoms with E-state index < -0.39 is 10.0 Å². The summed E-state index contributed by atoms with van der Waals surface area (Å²) in [5.74, 6) is -0.0396. The van der Waals surface area contributed by atoms with Gasteiger partial charge in [0.2, 0.25) is 10.0 Å². The molecule has 0 aliphatic carbocycles. The van der Waals surface area contributed by atoms with Gasteiger partial charge in [-0.05, 0) is 37.8 Å². The van der Waals surface area contributed by atoms with Crippen LogP contribution < -0.4 is 0 Å². The highest BCUT2D eigenvalue weighted by Gasteiger charge is 2.36. The summed E-state index contributed by atoms with van der Waals surface area (Å²) in [6.07, 6.45) is 1.53. The fourth-order valence-electron chi connectivity index (χ4n) is 2.48. The summed E-state index contributed by atoms with van der Waals surface area (Å²) in [7, 11) is -3.76. The minimum absolute atomic E-state index is 0.0189. The minimum Gasteiger partial charge on any atom is -0.396 e. The number of benzene rings is 1. The normalized spacial score (nSPS) is 24.8. The Kier molecular flexibility index (Phi) is 4.97. The van der Waals surface area contributed by atoms with Gasteiger partial charge in [0.25, 0.3) is 0 Å². The molecule has 1 N–H and O–H groups in total. The topological polar surface area (TPSA) is 57.6 Å². The second-order valence-corrected chi connectivity index (χ2v) is 7.74. The van der Waals surface area contributed by atoms with Gasteiger partial charge in [-0.15, -0.1) is 0 Å². The van der Waals surface area contributed by atoms with Crippen LogP contribution in [0.1, 0.15) is 19.8 Å². The number of rotatable bonds is 3. The maximum absolute atomic E-state index is 12.8. The van der Waals surface area contributed by atoms with Gasteiger partial charge in [0.1, 0.15) is 4.90 Å². The van der Waals surface area contributed by atoms with Crippen LogP contribution in [0, 0.1) is 5.92 Å². The molecule has 7 heteroatoms. The predicted molar refractivity (Wildman–Crippen MR) is 79.6 cm³/mol. The molecule has 0 amide bonds. The Balaban J connectivity index is 2.43. The molecule has 4 nitrogen and oxygen atoms in total. The molecular formula is C13H17Cl2NO3S. The summed E-state index contributed by atoms with van der Waals surface area (Å²) in [6.45, 7) is 2.13. The molecule has 1 fully saturated rings. The van der Waals surface area contributed by atoms with Crippen LogP contribution in [0.4, 0.5) is 0 Å². The fourth-order valence-corrected chi connectivity index (χ4v) is 5.31. The van der Waals surface area contributed by atoms with Gasteiger partial charge in [-0.1, -0.05) is 29.3 Å². The number of halogens is 2. The van der Waals surface area contributed by atoms with Crippen LogP contribution in [0.2, 0.25) is 10.0 Å². The highest BCUT2D eigenvalue weighted by Crippen LogP contribution is 2.35. The van der Waals surface area contributed by atoms with E-state index >= 15 is 0 Å². The lowest BCUT2D eigenvalue weighted by molar-refractivity contribution is 0.139. The molecule has 0 saturated carbocycles. The van der Waals surface area contributed by atoms with Crippen LogP contribution in [-0.4, -0.2) is 37.0 Å². The Hall–Kier alpha value is -0.330. The molecule has 0 aromatic heterocycles. The van der Waals surface area contributed by atoms with E-state index in [9.17, 15) is 13.5 Å². The van der Waals surface area contributed by atoms with Crippen molar-refractivity contribution < 1.29 is 13.5 Å². The van der Waals surface area contributed by atoms with Crippen LogP contribution in [-0.2, 0) is 10.0 Å². The highest BCUT2D eigenvalue weighted by molar-refractivity contribution is 7.89. The van der Waals surface area contributed by atoms with Gasteiger partial charge in [-0.3, -0.25) is 0 Å². The first-order chi connectivity index (χ1) is 9.37. The van der Waals surface area contributed by atoms with E-state index in [1.54, 1.807) is 6.07 Å². The van der Waals surface area contributed by atoms with Crippen LogP contribution in [0.25, 0.3) is 0 Å². The van der Waals surface area contributed by atoms with Gasteiger partial charge in [0, 0.05) is 19.2 Å². The van der Waals surface area contributed by atoms with Crippen molar-refractivity contribution in [2.45, 2.75) is 30.7 Å². The molecule has 0 bridgehead atoms. The van der Waals surface area contributed by atoms with Gasteiger partial charge >= 0.3 is 0 Å². The molecule has 2 atom stereocenters. The lowest BCUT2D eigenvalue weighted by Gasteiger charge is -2.36. The van der Waals surface area contributed by atoms with Crippen molar-refractivity contribution in [1.82, 2.24) is 4.31 Å². The van der Waals surface area contributed by atoms with Crippen LogP contribution in [0.3, 0.4) is 0 Å². The van der Waals surface area contributed by atoms with Crippen molar-refractivity contribution in [3.05, 3.63) is 28.2 Å². The lowest BCUT2D eigenvalue weighted by Crippen LogP contribution is -2.46. The van der Waals surface area contributed by atoms with Crippen LogP contribution in [0.15, 0.2) is 23.1 Å². The van der Waals surface area contributed by atoms with E-state index in [0.717, 1.165) is 6.42 Å². The molecule has 0 radical (unpaired) electrons. The van der Waals surface area contributed by atoms with Crippen molar-refractivity contribution >= 4 is 33.2 Å². The number of hydrogen-bond acceptors (Lipinski definition) is 3. The zero-order chi connectivity index (χ0) is 14.9. The number of aliphatic hydroxyl groups excluding tert-OH is 1. The zero-order valence-corrected chi connectivity index (χ0v) is 13.4. The summed E-state index contributed by atoms with van der Waals surface area (Å²) in [5.41, 5.74) is 0. The Morgan fingerprint density at radius 3 is 2.45 bits per heavy atom. The van der Waals surface area contributed by atoms with E-state index in [4.69, 9.17) is 23.2 Å². The molecule has 20 heavy (non-hydrogen) atoms. The van der Waals surface area contributed by atoms with Gasteiger partial charge in [-0.25, -0.2) is 8.42 Å². The van der Waals surface area contributed by atoms with Gasteiger partial charge in [0.05, 0.1) is 10.0 Å². The average molecular weight is 338 g/mol. The maximum Gasteiger partial charge on any atom is 0.246 e. The zero-order valence-electron chi connectivity index (χ0n) is 11.1. The second-order valence-electron chi connectivity index (χ2n) is 5.10. The van der Waals surface area contributed by atoms with Crippen molar-refractivity contribution in [2.75, 3.05) is 13.2 Å². The molecule has 2 rings (SSSR count). The minimum atomic E-state index is -3.76. The Labute approximate surface area is 129 Å². The van der Waals surface area contributed by atoms with Crippen LogP contribution >= 0.6 is 23.2 Å². The molecular weight excluding hydrogens is 321 g/mol. The molecule has 1 saturated heterocycles. The lowest BCUT2D eigenvalue weighted by atomic mass is 9.96. The summed E-state index contributed by atoms with van der Waals surface area (Å²) in [6, 6.07) is 4.51. The fraction of sp³-hybridized carbons (Fsp3) is 0.538. The monoisotopic (exact) mass is 337 g/mol. The molecule has 1 heterocycles. The molecule has 1 aromatic carbocycles. The number of piperidine rings is 1. The summed E-state index contributed by atoms with van der Waals surface area (Å²) in [4.78, 5) is -0.0474. The van der Waals surface area contributed by atoms with Gasteiger partial charge in [0.15, 0.2) is 0 Å². The highest BCUT2D eigenvalue weighted by atomic mass is 35.5. The molecule has 1 aliphatic rings. The Morgan fingerprint density at radius 2 is 1.90 bits per heavy atom. The Bertz CT molecular complexity index is 571. The van der Waals surface area contributed by atoms with E-state index in [2.05, 4.69) is 0 Å². The number of nitrogens with zero attached hydrogens (tertiary/aromatic N) is 1. The first-order valence-electron chi connectivity index (χ1n) is 6.44. The predicted octanol–water partition coefficient (Wildman–Crippen LogP) is 2.77. The standard InChI is InChI=1S/C13H17Cl2NO3S/c1-9-5-6-10(8-17)7-16(9)20(18,19)13-11(14)3-2-4-12(13)15/h2-4,9-10,17H,5-8H2,1H3. The van der Waals surface area contributed by atoms with Crippen molar-refractivity contribution in [3.8, 4) is 0 Å². The average Bonchev–Trinajstić information content (AvgIpc) is 2.38. The number of aliphatic hydroxyl groups is 1. The molecule has 0 spiro atoms. The quantitative estimate of drug-likeness (QED) is 0.922. The van der Waals surface area contributed by atoms with Gasteiger partial charge < -0.3 is 5.11 Å². The van der Waals surface area contributed by atoms with E-state index in [1.165, 1.54) is 16.4 Å². The SMILES string of the molecule is CC1CCC(CO)CN1S(=O)(=O)c1c(Cl)cccc1Cl. The molecule has 1 aromatic rings. The van der Waals surface area contributed by atoms with Gasteiger partial charge in [-0.2, -0.15) is 4.31 Å². The van der Waals surface area contributed by atoms with Crippen LogP contribution in [0.5, 0.6) is 0 Å². The van der Waals surface area contributed by atoms with Crippen molar-refractivity contribution in [2.24, 2.45) is 5.92 Å². The van der Waals surface area contributed by atoms with E-state index in [0.29, 0.717) is 13.0 Å². The number of sulfonamides is 1. The maximum atomic E-state index is 12.8. The smallest absolute Gasteiger partial charge is 0.246 e. The first kappa shape index (κ1) is 16.0. The third-order valence-electron chi connectivity index (χ3n) is 3.67. The molecule has 112 valence electrons. The second kappa shape index (κ2) is 6.20.